The topological polar surface area (TPSA) is 54.0 Å². The normalized spacial score (nSPS) is 15.2. The van der Waals surface area contributed by atoms with Gasteiger partial charge in [0, 0.05) is 16.8 Å². The van der Waals surface area contributed by atoms with Gasteiger partial charge in [-0.2, -0.15) is 0 Å². The Bertz CT molecular complexity index is 649. The van der Waals surface area contributed by atoms with E-state index in [0.717, 1.165) is 5.69 Å². The fourth-order valence-electron chi connectivity index (χ4n) is 2.82. The Kier molecular flexibility index (Phi) is 5.13. The van der Waals surface area contributed by atoms with Crippen molar-refractivity contribution in [3.8, 4) is 0 Å². The number of anilines is 2. The van der Waals surface area contributed by atoms with Crippen LogP contribution in [-0.2, 0) is 0 Å². The first-order valence-corrected chi connectivity index (χ1v) is 8.38. The first-order valence-electron chi connectivity index (χ1n) is 8.00. The molecule has 1 fully saturated rings. The Morgan fingerprint density at radius 1 is 1.00 bits per heavy atom. The molecule has 1 aliphatic rings. The van der Waals surface area contributed by atoms with Crippen molar-refractivity contribution in [2.24, 2.45) is 0 Å². The molecule has 4 nitrogen and oxygen atoms in total. The van der Waals surface area contributed by atoms with Crippen LogP contribution in [0.2, 0.25) is 5.02 Å². The number of hydrogen-bond acceptors (Lipinski definition) is 3. The van der Waals surface area contributed by atoms with E-state index < -0.39 is 0 Å². The zero-order valence-electron chi connectivity index (χ0n) is 12.9. The van der Waals surface area contributed by atoms with Crippen molar-refractivity contribution < 1.29 is 4.79 Å². The lowest BCUT2D eigenvalue weighted by Crippen LogP contribution is -2.22. The smallest absolute Gasteiger partial charge is 0.274 e. The second-order valence-corrected chi connectivity index (χ2v) is 6.31. The van der Waals surface area contributed by atoms with Gasteiger partial charge >= 0.3 is 0 Å². The number of rotatable bonds is 4. The molecule has 1 saturated carbocycles. The molecule has 0 atom stereocenters. The Morgan fingerprint density at radius 2 is 1.70 bits per heavy atom. The highest BCUT2D eigenvalue weighted by Gasteiger charge is 2.13. The highest BCUT2D eigenvalue weighted by atomic mass is 35.5. The number of carbonyl (C=O) groups is 1. The van der Waals surface area contributed by atoms with Gasteiger partial charge in [-0.15, -0.1) is 0 Å². The summed E-state index contributed by atoms with van der Waals surface area (Å²) in [4.78, 5) is 16.4. The fourth-order valence-corrected chi connectivity index (χ4v) is 2.95. The minimum Gasteiger partial charge on any atom is -0.381 e. The Balaban J connectivity index is 1.59. The van der Waals surface area contributed by atoms with Crippen LogP contribution < -0.4 is 10.6 Å². The number of carbonyl (C=O) groups excluding carboxylic acids is 1. The zero-order chi connectivity index (χ0) is 16.1. The van der Waals surface area contributed by atoms with Crippen LogP contribution in [0.3, 0.4) is 0 Å². The van der Waals surface area contributed by atoms with Crippen LogP contribution in [0.4, 0.5) is 11.4 Å². The van der Waals surface area contributed by atoms with Gasteiger partial charge in [-0.25, -0.2) is 4.98 Å². The number of nitrogens with zero attached hydrogens (tertiary/aromatic N) is 1. The molecule has 1 heterocycles. The molecule has 3 rings (SSSR count). The number of amides is 1. The molecular weight excluding hydrogens is 310 g/mol. The van der Waals surface area contributed by atoms with Crippen molar-refractivity contribution in [1.29, 1.82) is 0 Å². The number of nitrogens with one attached hydrogen (secondary N) is 2. The maximum Gasteiger partial charge on any atom is 0.274 e. The van der Waals surface area contributed by atoms with E-state index in [0.29, 0.717) is 22.4 Å². The van der Waals surface area contributed by atoms with Gasteiger partial charge in [-0.3, -0.25) is 4.79 Å². The molecule has 0 saturated heterocycles. The first-order chi connectivity index (χ1) is 11.2. The third-order valence-corrected chi connectivity index (χ3v) is 4.33. The largest absolute Gasteiger partial charge is 0.381 e. The second-order valence-electron chi connectivity index (χ2n) is 5.87. The third-order valence-electron chi connectivity index (χ3n) is 4.07. The van der Waals surface area contributed by atoms with Gasteiger partial charge in [-0.05, 0) is 49.2 Å². The van der Waals surface area contributed by atoms with Gasteiger partial charge in [0.15, 0.2) is 0 Å². The van der Waals surface area contributed by atoms with E-state index in [1.54, 1.807) is 36.5 Å². The molecule has 1 aliphatic carbocycles. The van der Waals surface area contributed by atoms with Crippen molar-refractivity contribution >= 4 is 28.9 Å². The average molecular weight is 330 g/mol. The van der Waals surface area contributed by atoms with E-state index in [2.05, 4.69) is 15.6 Å². The molecule has 0 unspecified atom stereocenters. The van der Waals surface area contributed by atoms with Crippen LogP contribution >= 0.6 is 11.6 Å². The molecule has 1 aromatic heterocycles. The molecule has 1 aromatic carbocycles. The SMILES string of the molecule is O=C(Nc1ccc(Cl)cc1)c1ccc(NC2CCCCC2)cn1. The van der Waals surface area contributed by atoms with Crippen LogP contribution in [-0.4, -0.2) is 16.9 Å². The fraction of sp³-hybridized carbons (Fsp3) is 0.333. The number of hydrogen-bond donors (Lipinski definition) is 2. The van der Waals surface area contributed by atoms with E-state index in [9.17, 15) is 4.79 Å². The quantitative estimate of drug-likeness (QED) is 0.852. The summed E-state index contributed by atoms with van der Waals surface area (Å²) < 4.78 is 0. The lowest BCUT2D eigenvalue weighted by molar-refractivity contribution is 0.102. The molecule has 0 radical (unpaired) electrons. The standard InChI is InChI=1S/C18H20ClN3O/c19-13-6-8-15(9-7-13)22-18(23)17-11-10-16(12-20-17)21-14-4-2-1-3-5-14/h6-12,14,21H,1-5H2,(H,22,23). The monoisotopic (exact) mass is 329 g/mol. The van der Waals surface area contributed by atoms with Gasteiger partial charge in [0.05, 0.1) is 11.9 Å². The Morgan fingerprint density at radius 3 is 2.35 bits per heavy atom. The lowest BCUT2D eigenvalue weighted by atomic mass is 9.95. The summed E-state index contributed by atoms with van der Waals surface area (Å²) in [7, 11) is 0. The molecular formula is C18H20ClN3O. The van der Waals surface area contributed by atoms with Gasteiger partial charge in [-0.1, -0.05) is 30.9 Å². The van der Waals surface area contributed by atoms with Crippen molar-refractivity contribution in [3.63, 3.8) is 0 Å². The first kappa shape index (κ1) is 15.8. The predicted molar refractivity (Wildman–Crippen MR) is 94.1 cm³/mol. The zero-order valence-corrected chi connectivity index (χ0v) is 13.6. The van der Waals surface area contributed by atoms with Crippen LogP contribution in [0.25, 0.3) is 0 Å². The summed E-state index contributed by atoms with van der Waals surface area (Å²) in [5, 5.41) is 6.94. The van der Waals surface area contributed by atoms with Gasteiger partial charge in [0.25, 0.3) is 5.91 Å². The molecule has 23 heavy (non-hydrogen) atoms. The molecule has 0 aliphatic heterocycles. The van der Waals surface area contributed by atoms with Crippen molar-refractivity contribution in [3.05, 3.63) is 53.3 Å². The average Bonchev–Trinajstić information content (AvgIpc) is 2.58. The Hall–Kier alpha value is -2.07. The van der Waals surface area contributed by atoms with E-state index in [1.165, 1.54) is 32.1 Å². The molecule has 2 aromatic rings. The highest BCUT2D eigenvalue weighted by Crippen LogP contribution is 2.21. The van der Waals surface area contributed by atoms with Gasteiger partial charge in [0.2, 0.25) is 0 Å². The maximum atomic E-state index is 12.2. The summed E-state index contributed by atoms with van der Waals surface area (Å²) in [6.45, 7) is 0. The minimum absolute atomic E-state index is 0.225. The van der Waals surface area contributed by atoms with E-state index in [4.69, 9.17) is 11.6 Å². The second kappa shape index (κ2) is 7.47. The van der Waals surface area contributed by atoms with E-state index in [-0.39, 0.29) is 5.91 Å². The van der Waals surface area contributed by atoms with Gasteiger partial charge < -0.3 is 10.6 Å². The van der Waals surface area contributed by atoms with Crippen molar-refractivity contribution in [2.75, 3.05) is 10.6 Å². The van der Waals surface area contributed by atoms with Gasteiger partial charge in [0.1, 0.15) is 5.69 Å². The number of benzene rings is 1. The third kappa shape index (κ3) is 4.45. The lowest BCUT2D eigenvalue weighted by Gasteiger charge is -2.23. The highest BCUT2D eigenvalue weighted by molar-refractivity contribution is 6.30. The Labute approximate surface area is 141 Å². The summed E-state index contributed by atoms with van der Waals surface area (Å²) in [6, 6.07) is 11.2. The molecule has 0 bridgehead atoms. The summed E-state index contributed by atoms with van der Waals surface area (Å²) in [6.07, 6.45) is 8.04. The number of pyridine rings is 1. The molecule has 5 heteroatoms. The molecule has 120 valence electrons. The van der Waals surface area contributed by atoms with Crippen LogP contribution in [0, 0.1) is 0 Å². The number of aromatic nitrogens is 1. The minimum atomic E-state index is -0.225. The van der Waals surface area contributed by atoms with Crippen LogP contribution in [0.1, 0.15) is 42.6 Å². The van der Waals surface area contributed by atoms with Crippen molar-refractivity contribution in [1.82, 2.24) is 4.98 Å². The molecule has 2 N–H and O–H groups in total. The maximum absolute atomic E-state index is 12.2. The molecule has 1 amide bonds. The van der Waals surface area contributed by atoms with E-state index in [1.807, 2.05) is 6.07 Å². The summed E-state index contributed by atoms with van der Waals surface area (Å²) >= 11 is 5.83. The summed E-state index contributed by atoms with van der Waals surface area (Å²) in [5.74, 6) is -0.225. The molecule has 0 spiro atoms. The number of halogens is 1. The summed E-state index contributed by atoms with van der Waals surface area (Å²) in [5.41, 5.74) is 2.07. The van der Waals surface area contributed by atoms with E-state index >= 15 is 0 Å². The predicted octanol–water partition coefficient (Wildman–Crippen LogP) is 4.73. The van der Waals surface area contributed by atoms with Crippen molar-refractivity contribution in [2.45, 2.75) is 38.1 Å². The van der Waals surface area contributed by atoms with Crippen LogP contribution in [0.15, 0.2) is 42.6 Å². The van der Waals surface area contributed by atoms with Crippen LogP contribution in [0.5, 0.6) is 0 Å².